The zero-order valence-corrected chi connectivity index (χ0v) is 25.2. The maximum absolute atomic E-state index is 15.3. The van der Waals surface area contributed by atoms with Crippen molar-refractivity contribution in [2.24, 2.45) is 0 Å². The lowest BCUT2D eigenvalue weighted by molar-refractivity contribution is -0.506. The molecule has 1 aromatic rings. The van der Waals surface area contributed by atoms with E-state index in [1.54, 1.807) is 0 Å². The van der Waals surface area contributed by atoms with Gasteiger partial charge in [0, 0.05) is 0 Å². The van der Waals surface area contributed by atoms with Gasteiger partial charge in [0.25, 0.3) is 0 Å². The van der Waals surface area contributed by atoms with Crippen LogP contribution in [0.3, 0.4) is 0 Å². The Bertz CT molecular complexity index is 1650. The van der Waals surface area contributed by atoms with Gasteiger partial charge in [-0.2, -0.15) is 145 Å². The van der Waals surface area contributed by atoms with Gasteiger partial charge in [-0.1, -0.05) is 18.2 Å². The van der Waals surface area contributed by atoms with E-state index in [-0.39, 0.29) is 12.1 Å². The van der Waals surface area contributed by atoms with Gasteiger partial charge < -0.3 is 4.74 Å². The fourth-order valence-corrected chi connectivity index (χ4v) is 3.89. The van der Waals surface area contributed by atoms with Gasteiger partial charge in [0.15, 0.2) is 0 Å². The number of halogens is 33. The summed E-state index contributed by atoms with van der Waals surface area (Å²) in [5.74, 6) is -123. The number of rotatable bonds is 14. The van der Waals surface area contributed by atoms with Gasteiger partial charge in [-0.05, 0) is 12.1 Å². The smallest absolute Gasteiger partial charge is 0.432 e. The summed E-state index contributed by atoms with van der Waals surface area (Å²) in [5.41, 5.74) is -12.5. The first-order valence-corrected chi connectivity index (χ1v) is 12.8. The molecule has 0 N–H and O–H groups in total. The van der Waals surface area contributed by atoms with Crippen molar-refractivity contribution in [3.8, 4) is 0 Å². The minimum Gasteiger partial charge on any atom is -0.432 e. The Balaban J connectivity index is 4.72. The van der Waals surface area contributed by atoms with E-state index >= 15 is 17.6 Å². The van der Waals surface area contributed by atoms with Gasteiger partial charge in [0.1, 0.15) is 0 Å². The van der Waals surface area contributed by atoms with Gasteiger partial charge in [-0.25, -0.2) is 4.79 Å². The first kappa shape index (κ1) is 52.4. The van der Waals surface area contributed by atoms with Crippen LogP contribution >= 0.6 is 0 Å². The number of hydrogen-bond acceptors (Lipinski definition) is 2. The van der Waals surface area contributed by atoms with Crippen molar-refractivity contribution in [1.29, 1.82) is 0 Å². The third kappa shape index (κ3) is 6.28. The fourth-order valence-electron chi connectivity index (χ4n) is 3.89. The lowest BCUT2D eigenvalue weighted by Gasteiger charge is -2.51. The molecule has 0 spiro atoms. The van der Waals surface area contributed by atoms with Crippen LogP contribution in [0.2, 0.25) is 0 Å². The van der Waals surface area contributed by atoms with Crippen molar-refractivity contribution in [3.63, 3.8) is 0 Å². The Morgan fingerprint density at radius 1 is 0.293 bits per heavy atom. The van der Waals surface area contributed by atoms with E-state index in [2.05, 4.69) is 0 Å². The summed E-state index contributed by atoms with van der Waals surface area (Å²) in [7, 11) is 0. The molecular weight excluding hydrogens is 935 g/mol. The van der Waals surface area contributed by atoms with Crippen molar-refractivity contribution in [2.45, 2.75) is 95.2 Å². The minimum absolute atomic E-state index is 0.0764. The molecule has 35 heteroatoms. The lowest BCUT2D eigenvalue weighted by atomic mass is 9.75. The van der Waals surface area contributed by atoms with Crippen LogP contribution in [0.5, 0.6) is 0 Å². The SMILES string of the molecule is O=C(OC(C(F)(F)F)(C(F)(F)C(F)(F)C(F)(F)C(F)(F)C(F)(F)C(F)(F)F)C(F)(F)C(F)(F)C(F)(F)C(F)(F)C(F)(F)C(F)(F)C(F)(F)C(F)(F)F)c1ccccc1. The molecular formula is C23H5F33O2. The number of carbonyl (C=O) groups is 1. The summed E-state index contributed by atoms with van der Waals surface area (Å²) in [4.78, 5) is 12.1. The molecule has 0 fully saturated rings. The third-order valence-corrected chi connectivity index (χ3v) is 7.19. The van der Waals surface area contributed by atoms with E-state index in [1.165, 1.54) is 0 Å². The molecule has 2 nitrogen and oxygen atoms in total. The van der Waals surface area contributed by atoms with Crippen LogP contribution < -0.4 is 0 Å². The number of carbonyl (C=O) groups excluding carboxylic acids is 1. The molecule has 1 unspecified atom stereocenters. The Kier molecular flexibility index (Phi) is 12.1. The summed E-state index contributed by atoms with van der Waals surface area (Å²) in [5, 5.41) is 0. The van der Waals surface area contributed by atoms with Crippen LogP contribution in [-0.2, 0) is 4.74 Å². The molecule has 1 atom stereocenters. The zero-order valence-electron chi connectivity index (χ0n) is 25.2. The summed E-state index contributed by atoms with van der Waals surface area (Å²) in [6.07, 6.45) is -26.6. The monoisotopic (exact) mass is 940 g/mol. The lowest BCUT2D eigenvalue weighted by Crippen LogP contribution is -2.85. The summed E-state index contributed by atoms with van der Waals surface area (Å²) in [6, 6.07) is -0.257. The van der Waals surface area contributed by atoms with E-state index in [0.29, 0.717) is 6.07 Å². The van der Waals surface area contributed by atoms with Crippen LogP contribution in [0, 0.1) is 0 Å². The maximum atomic E-state index is 15.3. The predicted molar refractivity (Wildman–Crippen MR) is 112 cm³/mol. The molecule has 0 saturated heterocycles. The summed E-state index contributed by atoms with van der Waals surface area (Å²) >= 11 is 0. The quantitative estimate of drug-likeness (QED) is 0.137. The second-order valence-electron chi connectivity index (χ2n) is 10.8. The number of ether oxygens (including phenoxy) is 1. The standard InChI is InChI=1S/C23H5F33O2/c24-9(25,11(28,29)13(32,33)15(36,37)16(38,39)18(42,43)20(46,47)23(54,55)56)8(21(48,49)50,58-7(57)6-4-2-1-3-5-6)10(26,27)12(30,31)14(34,35)17(40,41)19(44,45)22(51,52)53/h1-5H. The number of alkyl halides is 33. The summed E-state index contributed by atoms with van der Waals surface area (Å²) in [6.45, 7) is 0. The molecule has 0 bridgehead atoms. The predicted octanol–water partition coefficient (Wildman–Crippen LogP) is 11.9. The van der Waals surface area contributed by atoms with Gasteiger partial charge in [-0.3, -0.25) is 0 Å². The second kappa shape index (κ2) is 13.4. The van der Waals surface area contributed by atoms with E-state index < -0.39 is 119 Å². The number of esters is 1. The van der Waals surface area contributed by atoms with Crippen molar-refractivity contribution < 1.29 is 154 Å². The molecule has 340 valence electrons. The average Bonchev–Trinajstić information content (AvgIpc) is 3.00. The van der Waals surface area contributed by atoms with Crippen LogP contribution in [0.1, 0.15) is 10.4 Å². The molecule has 0 aliphatic heterocycles. The molecule has 0 aliphatic rings. The van der Waals surface area contributed by atoms with Crippen molar-refractivity contribution in [3.05, 3.63) is 35.9 Å². The number of benzene rings is 1. The fraction of sp³-hybridized carbons (Fsp3) is 0.696. The molecule has 0 amide bonds. The Hall–Kier alpha value is -3.62. The second-order valence-corrected chi connectivity index (χ2v) is 10.8. The van der Waals surface area contributed by atoms with E-state index in [1.807, 2.05) is 4.74 Å². The zero-order chi connectivity index (χ0) is 47.4. The van der Waals surface area contributed by atoms with E-state index in [4.69, 9.17) is 0 Å². The highest BCUT2D eigenvalue weighted by Gasteiger charge is 3.04. The first-order valence-electron chi connectivity index (χ1n) is 12.8. The normalized spacial score (nSPS) is 17.3. The highest BCUT2D eigenvalue weighted by molar-refractivity contribution is 5.89. The van der Waals surface area contributed by atoms with E-state index in [9.17, 15) is 132 Å². The van der Waals surface area contributed by atoms with Crippen LogP contribution in [0.15, 0.2) is 30.3 Å². The summed E-state index contributed by atoms with van der Waals surface area (Å²) < 4.78 is 458. The van der Waals surface area contributed by atoms with Crippen LogP contribution in [-0.4, -0.2) is 101 Å². The average molecular weight is 940 g/mol. The van der Waals surface area contributed by atoms with Gasteiger partial charge in [0.2, 0.25) is 0 Å². The Labute approximate surface area is 292 Å². The van der Waals surface area contributed by atoms with Gasteiger partial charge in [0.05, 0.1) is 5.56 Å². The van der Waals surface area contributed by atoms with Gasteiger partial charge >= 0.3 is 101 Å². The molecule has 1 aromatic carbocycles. The van der Waals surface area contributed by atoms with Gasteiger partial charge in [-0.15, -0.1) is 0 Å². The molecule has 0 aromatic heterocycles. The minimum atomic E-state index is -10.5. The topological polar surface area (TPSA) is 26.3 Å². The maximum Gasteiger partial charge on any atom is 0.460 e. The highest BCUT2D eigenvalue weighted by Crippen LogP contribution is 2.71. The molecule has 0 heterocycles. The molecule has 0 saturated carbocycles. The number of hydrogen-bond donors (Lipinski definition) is 0. The van der Waals surface area contributed by atoms with Crippen molar-refractivity contribution >= 4 is 5.97 Å². The van der Waals surface area contributed by atoms with Crippen LogP contribution in [0.25, 0.3) is 0 Å². The first-order chi connectivity index (χ1) is 24.7. The van der Waals surface area contributed by atoms with Crippen molar-refractivity contribution in [1.82, 2.24) is 0 Å². The Morgan fingerprint density at radius 2 is 0.500 bits per heavy atom. The van der Waals surface area contributed by atoms with Crippen molar-refractivity contribution in [2.75, 3.05) is 0 Å². The largest absolute Gasteiger partial charge is 0.460 e. The van der Waals surface area contributed by atoms with Crippen LogP contribution in [0.4, 0.5) is 145 Å². The third-order valence-electron chi connectivity index (χ3n) is 7.19. The molecule has 1 rings (SSSR count). The molecule has 0 aliphatic carbocycles. The molecule has 0 radical (unpaired) electrons. The van der Waals surface area contributed by atoms with E-state index in [0.717, 1.165) is 0 Å². The highest BCUT2D eigenvalue weighted by atomic mass is 19.4. The molecule has 58 heavy (non-hydrogen) atoms. The Morgan fingerprint density at radius 3 is 0.707 bits per heavy atom.